The highest BCUT2D eigenvalue weighted by atomic mass is 35.5. The first-order valence-electron chi connectivity index (χ1n) is 6.28. The van der Waals surface area contributed by atoms with Gasteiger partial charge in [-0.05, 0) is 48.3 Å². The van der Waals surface area contributed by atoms with Gasteiger partial charge in [-0.15, -0.1) is 0 Å². The third kappa shape index (κ3) is 2.55. The van der Waals surface area contributed by atoms with Gasteiger partial charge in [0.15, 0.2) is 5.69 Å². The lowest BCUT2D eigenvalue weighted by molar-refractivity contribution is 0.102. The molecule has 7 heteroatoms. The van der Waals surface area contributed by atoms with Crippen molar-refractivity contribution in [2.75, 3.05) is 5.32 Å². The SMILES string of the molecule is Cc1cc(Cl)c(NC(=O)c2nsc3cccc(F)c23)cc1F. The number of rotatable bonds is 2. The summed E-state index contributed by atoms with van der Waals surface area (Å²) in [6.07, 6.45) is 0. The molecular weight excluding hydrogens is 330 g/mol. The first-order valence-corrected chi connectivity index (χ1v) is 7.43. The summed E-state index contributed by atoms with van der Waals surface area (Å²) in [7, 11) is 0. The van der Waals surface area contributed by atoms with Crippen molar-refractivity contribution in [3.8, 4) is 0 Å². The number of aromatic nitrogens is 1. The van der Waals surface area contributed by atoms with E-state index in [1.807, 2.05) is 0 Å². The van der Waals surface area contributed by atoms with Crippen molar-refractivity contribution >= 4 is 44.8 Å². The molecule has 0 fully saturated rings. The van der Waals surface area contributed by atoms with E-state index >= 15 is 0 Å². The molecule has 0 saturated heterocycles. The van der Waals surface area contributed by atoms with Gasteiger partial charge < -0.3 is 5.32 Å². The fourth-order valence-corrected chi connectivity index (χ4v) is 3.08. The second-order valence-electron chi connectivity index (χ2n) is 4.68. The Morgan fingerprint density at radius 1 is 1.27 bits per heavy atom. The number of halogens is 3. The Hall–Kier alpha value is -2.05. The maximum Gasteiger partial charge on any atom is 0.276 e. The molecule has 1 heterocycles. The Morgan fingerprint density at radius 2 is 2.05 bits per heavy atom. The molecule has 3 nitrogen and oxygen atoms in total. The molecule has 1 N–H and O–H groups in total. The van der Waals surface area contributed by atoms with Crippen molar-refractivity contribution in [1.29, 1.82) is 0 Å². The van der Waals surface area contributed by atoms with Gasteiger partial charge in [0, 0.05) is 0 Å². The van der Waals surface area contributed by atoms with Crippen LogP contribution >= 0.6 is 23.1 Å². The molecular formula is C15H9ClF2N2OS. The molecule has 0 radical (unpaired) electrons. The van der Waals surface area contributed by atoms with E-state index in [0.29, 0.717) is 10.3 Å². The van der Waals surface area contributed by atoms with E-state index in [9.17, 15) is 13.6 Å². The Balaban J connectivity index is 1.99. The Morgan fingerprint density at radius 3 is 2.82 bits per heavy atom. The number of benzene rings is 2. The van der Waals surface area contributed by atoms with Crippen molar-refractivity contribution in [2.45, 2.75) is 6.92 Å². The summed E-state index contributed by atoms with van der Waals surface area (Å²) in [4.78, 5) is 12.3. The normalized spacial score (nSPS) is 10.9. The summed E-state index contributed by atoms with van der Waals surface area (Å²) in [5, 5.41) is 2.81. The maximum atomic E-state index is 13.9. The molecule has 0 unspecified atom stereocenters. The first-order chi connectivity index (χ1) is 10.5. The molecule has 0 aliphatic heterocycles. The number of anilines is 1. The zero-order valence-electron chi connectivity index (χ0n) is 11.3. The van der Waals surface area contributed by atoms with Crippen molar-refractivity contribution in [1.82, 2.24) is 4.37 Å². The van der Waals surface area contributed by atoms with Crippen molar-refractivity contribution in [3.63, 3.8) is 0 Å². The fourth-order valence-electron chi connectivity index (χ4n) is 2.03. The average Bonchev–Trinajstić information content (AvgIpc) is 2.90. The van der Waals surface area contributed by atoms with Gasteiger partial charge in [-0.1, -0.05) is 17.7 Å². The molecule has 3 rings (SSSR count). The van der Waals surface area contributed by atoms with E-state index in [1.165, 1.54) is 12.1 Å². The highest BCUT2D eigenvalue weighted by Crippen LogP contribution is 2.28. The zero-order valence-corrected chi connectivity index (χ0v) is 12.9. The minimum Gasteiger partial charge on any atom is -0.319 e. The number of carbonyl (C=O) groups excluding carboxylic acids is 1. The molecule has 0 aliphatic carbocycles. The van der Waals surface area contributed by atoms with Crippen LogP contribution in [0.15, 0.2) is 30.3 Å². The molecule has 2 aromatic carbocycles. The maximum absolute atomic E-state index is 13.9. The number of hydrogen-bond acceptors (Lipinski definition) is 3. The number of carbonyl (C=O) groups is 1. The third-order valence-corrected chi connectivity index (χ3v) is 4.28. The van der Waals surface area contributed by atoms with Crippen LogP contribution in [0.25, 0.3) is 10.1 Å². The summed E-state index contributed by atoms with van der Waals surface area (Å²) in [6, 6.07) is 7.01. The minimum absolute atomic E-state index is 0.0462. The summed E-state index contributed by atoms with van der Waals surface area (Å²) >= 11 is 7.00. The number of nitrogens with zero attached hydrogens (tertiary/aromatic N) is 1. The summed E-state index contributed by atoms with van der Waals surface area (Å²) in [6.45, 7) is 1.57. The van der Waals surface area contributed by atoms with Crippen molar-refractivity contribution < 1.29 is 13.6 Å². The van der Waals surface area contributed by atoms with Gasteiger partial charge in [-0.2, -0.15) is 4.37 Å². The van der Waals surface area contributed by atoms with Gasteiger partial charge in [-0.25, -0.2) is 8.78 Å². The predicted octanol–water partition coefficient (Wildman–Crippen LogP) is 4.79. The second-order valence-corrected chi connectivity index (χ2v) is 5.89. The largest absolute Gasteiger partial charge is 0.319 e. The highest BCUT2D eigenvalue weighted by Gasteiger charge is 2.19. The van der Waals surface area contributed by atoms with Crippen LogP contribution in [-0.4, -0.2) is 10.3 Å². The molecule has 112 valence electrons. The first kappa shape index (κ1) is 14.9. The highest BCUT2D eigenvalue weighted by molar-refractivity contribution is 7.13. The van der Waals surface area contributed by atoms with E-state index in [4.69, 9.17) is 11.6 Å². The monoisotopic (exact) mass is 338 g/mol. The summed E-state index contributed by atoms with van der Waals surface area (Å²) in [5.74, 6) is -1.66. The van der Waals surface area contributed by atoms with Gasteiger partial charge in [0.05, 0.1) is 20.8 Å². The molecule has 0 saturated carbocycles. The third-order valence-electron chi connectivity index (χ3n) is 3.16. The van der Waals surface area contributed by atoms with E-state index in [2.05, 4.69) is 9.69 Å². The number of fused-ring (bicyclic) bond motifs is 1. The van der Waals surface area contributed by atoms with Crippen LogP contribution < -0.4 is 5.32 Å². The van der Waals surface area contributed by atoms with Crippen molar-refractivity contribution in [3.05, 3.63) is 58.2 Å². The Bertz CT molecular complexity index is 895. The van der Waals surface area contributed by atoms with E-state index in [0.717, 1.165) is 17.6 Å². The van der Waals surface area contributed by atoms with Crippen LogP contribution in [-0.2, 0) is 0 Å². The van der Waals surface area contributed by atoms with Crippen LogP contribution in [0.1, 0.15) is 16.1 Å². The number of aryl methyl sites for hydroxylation is 1. The molecule has 22 heavy (non-hydrogen) atoms. The van der Waals surface area contributed by atoms with Crippen LogP contribution in [0.4, 0.5) is 14.5 Å². The van der Waals surface area contributed by atoms with Gasteiger partial charge in [0.25, 0.3) is 5.91 Å². The van der Waals surface area contributed by atoms with Crippen LogP contribution in [0.5, 0.6) is 0 Å². The van der Waals surface area contributed by atoms with Gasteiger partial charge in [0.1, 0.15) is 11.6 Å². The standard InChI is InChI=1S/C15H9ClF2N2OS/c1-7-5-8(16)11(6-10(7)18)19-15(21)14-13-9(17)3-2-4-12(13)22-20-14/h2-6H,1H3,(H,19,21). The lowest BCUT2D eigenvalue weighted by atomic mass is 10.2. The van der Waals surface area contributed by atoms with E-state index in [-0.39, 0.29) is 21.8 Å². The number of amides is 1. The predicted molar refractivity (Wildman–Crippen MR) is 83.7 cm³/mol. The Kier molecular flexibility index (Phi) is 3.80. The van der Waals surface area contributed by atoms with E-state index in [1.54, 1.807) is 19.1 Å². The lowest BCUT2D eigenvalue weighted by Gasteiger charge is -2.08. The quantitative estimate of drug-likeness (QED) is 0.730. The van der Waals surface area contributed by atoms with Gasteiger partial charge >= 0.3 is 0 Å². The van der Waals surface area contributed by atoms with Gasteiger partial charge in [0.2, 0.25) is 0 Å². The zero-order chi connectivity index (χ0) is 15.9. The molecule has 3 aromatic rings. The minimum atomic E-state index is -0.637. The number of nitrogens with one attached hydrogen (secondary N) is 1. The van der Waals surface area contributed by atoms with Crippen LogP contribution in [0.2, 0.25) is 5.02 Å². The molecule has 0 atom stereocenters. The molecule has 0 bridgehead atoms. The molecule has 0 aliphatic rings. The average molecular weight is 339 g/mol. The summed E-state index contributed by atoms with van der Waals surface area (Å²) in [5.41, 5.74) is 0.440. The smallest absolute Gasteiger partial charge is 0.276 e. The summed E-state index contributed by atoms with van der Waals surface area (Å²) < 4.78 is 32.0. The van der Waals surface area contributed by atoms with Crippen LogP contribution in [0, 0.1) is 18.6 Å². The molecule has 1 amide bonds. The fraction of sp³-hybridized carbons (Fsp3) is 0.0667. The van der Waals surface area contributed by atoms with Crippen LogP contribution in [0.3, 0.4) is 0 Å². The number of hydrogen-bond donors (Lipinski definition) is 1. The topological polar surface area (TPSA) is 42.0 Å². The molecule has 0 spiro atoms. The Labute approximate surface area is 133 Å². The molecule has 1 aromatic heterocycles. The van der Waals surface area contributed by atoms with E-state index < -0.39 is 17.5 Å². The lowest BCUT2D eigenvalue weighted by Crippen LogP contribution is -2.13. The van der Waals surface area contributed by atoms with Gasteiger partial charge in [-0.3, -0.25) is 4.79 Å². The van der Waals surface area contributed by atoms with Crippen molar-refractivity contribution in [2.24, 2.45) is 0 Å². The second kappa shape index (κ2) is 5.62.